The van der Waals surface area contributed by atoms with E-state index >= 15 is 0 Å². The Hall–Kier alpha value is 0.561. The number of hydrogen-bond acceptors (Lipinski definition) is 12. The molecule has 0 aromatic carbocycles. The molecule has 0 heterocycles. The molecule has 0 aromatic rings. The van der Waals surface area contributed by atoms with Crippen molar-refractivity contribution in [2.75, 3.05) is 82.8 Å². The first-order chi connectivity index (χ1) is 17.2. The first-order valence-corrected chi connectivity index (χ1v) is 19.1. The molecule has 0 aliphatic carbocycles. The second-order valence-electron chi connectivity index (χ2n) is 8.16. The molecule has 36 heavy (non-hydrogen) atoms. The SMILES string of the molecule is CO[Si](CCCNC(NCCC[Si](OC)(OC)OC)C(C)SCCC[Si](OC)(OC)OC)(OC)OC. The van der Waals surface area contributed by atoms with Gasteiger partial charge in [0.15, 0.2) is 0 Å². The van der Waals surface area contributed by atoms with Crippen LogP contribution in [0, 0.1) is 0 Å². The summed E-state index contributed by atoms with van der Waals surface area (Å²) in [7, 11) is 7.16. The lowest BCUT2D eigenvalue weighted by Crippen LogP contribution is -2.50. The van der Waals surface area contributed by atoms with E-state index in [9.17, 15) is 0 Å². The van der Waals surface area contributed by atoms with Gasteiger partial charge in [-0.15, -0.1) is 0 Å². The molecule has 15 heteroatoms. The summed E-state index contributed by atoms with van der Waals surface area (Å²) < 4.78 is 49.9. The van der Waals surface area contributed by atoms with E-state index in [2.05, 4.69) is 17.6 Å². The van der Waals surface area contributed by atoms with Crippen molar-refractivity contribution in [2.45, 2.75) is 55.7 Å². The van der Waals surface area contributed by atoms with Crippen molar-refractivity contribution < 1.29 is 39.8 Å². The largest absolute Gasteiger partial charge is 0.500 e. The highest BCUT2D eigenvalue weighted by atomic mass is 32.2. The van der Waals surface area contributed by atoms with Gasteiger partial charge >= 0.3 is 26.4 Å². The van der Waals surface area contributed by atoms with Crippen LogP contribution < -0.4 is 10.6 Å². The molecule has 0 saturated heterocycles. The minimum atomic E-state index is -2.57. The average molecular weight is 593 g/mol. The van der Waals surface area contributed by atoms with E-state index in [0.717, 1.165) is 56.2 Å². The smallest absolute Gasteiger partial charge is 0.377 e. The summed E-state index contributed by atoms with van der Waals surface area (Å²) in [5.74, 6) is 0.978. The van der Waals surface area contributed by atoms with Crippen LogP contribution >= 0.6 is 11.8 Å². The molecule has 0 fully saturated rings. The topological polar surface area (TPSA) is 107 Å². The van der Waals surface area contributed by atoms with Crippen LogP contribution in [0.15, 0.2) is 0 Å². The number of rotatable bonds is 25. The fourth-order valence-electron chi connectivity index (χ4n) is 3.85. The minimum absolute atomic E-state index is 0.122. The van der Waals surface area contributed by atoms with Crippen LogP contribution in [0.4, 0.5) is 0 Å². The molecular formula is C21H52N2O9SSi3. The number of thioether (sulfide) groups is 1. The molecule has 0 saturated carbocycles. The summed E-state index contributed by atoms with van der Waals surface area (Å²) in [6.45, 7) is 3.86. The van der Waals surface area contributed by atoms with Crippen LogP contribution in [-0.4, -0.2) is 121 Å². The number of nitrogens with one attached hydrogen (secondary N) is 2. The predicted octanol–water partition coefficient (Wildman–Crippen LogP) is 2.42. The summed E-state index contributed by atoms with van der Waals surface area (Å²) in [5, 5.41) is 7.67. The molecule has 2 N–H and O–H groups in total. The van der Waals surface area contributed by atoms with E-state index in [4.69, 9.17) is 39.8 Å². The van der Waals surface area contributed by atoms with Gasteiger partial charge in [-0.1, -0.05) is 6.92 Å². The van der Waals surface area contributed by atoms with E-state index in [0.29, 0.717) is 5.25 Å². The fourth-order valence-corrected chi connectivity index (χ4v) is 10.3. The van der Waals surface area contributed by atoms with Crippen LogP contribution in [0.3, 0.4) is 0 Å². The average Bonchev–Trinajstić information content (AvgIpc) is 2.93. The molecule has 218 valence electrons. The van der Waals surface area contributed by atoms with Gasteiger partial charge in [-0.3, -0.25) is 0 Å². The standard InChI is InChI=1S/C21H52N2O9SSi3/c1-20(33-16-13-19-36(30-8,31-9)32-10)21(22-14-11-17-34(24-2,25-3)26-4)23-15-12-18-35(27-5,28-6)29-7/h20-23H,11-19H2,1-10H3. The van der Waals surface area contributed by atoms with Gasteiger partial charge in [-0.05, 0) is 38.1 Å². The maximum Gasteiger partial charge on any atom is 0.500 e. The van der Waals surface area contributed by atoms with Gasteiger partial charge < -0.3 is 50.5 Å². The lowest BCUT2D eigenvalue weighted by Gasteiger charge is -2.29. The van der Waals surface area contributed by atoms with Gasteiger partial charge in [-0.2, -0.15) is 11.8 Å². The van der Waals surface area contributed by atoms with E-state index < -0.39 is 26.4 Å². The Morgan fingerprint density at radius 2 is 0.833 bits per heavy atom. The van der Waals surface area contributed by atoms with Crippen LogP contribution in [0.5, 0.6) is 0 Å². The lowest BCUT2D eigenvalue weighted by molar-refractivity contribution is 0.122. The summed E-state index contributed by atoms with van der Waals surface area (Å²) in [5.41, 5.74) is 0. The fraction of sp³-hybridized carbons (Fsp3) is 1.00. The van der Waals surface area contributed by atoms with Gasteiger partial charge in [0.25, 0.3) is 0 Å². The maximum atomic E-state index is 5.54. The second-order valence-corrected chi connectivity index (χ2v) is 18.9. The highest BCUT2D eigenvalue weighted by molar-refractivity contribution is 7.99. The highest BCUT2D eigenvalue weighted by Crippen LogP contribution is 2.21. The Morgan fingerprint density at radius 1 is 0.528 bits per heavy atom. The summed E-state index contributed by atoms with van der Waals surface area (Å²) in [6.07, 6.45) is 2.84. The van der Waals surface area contributed by atoms with Crippen molar-refractivity contribution in [1.29, 1.82) is 0 Å². The quantitative estimate of drug-likeness (QED) is 0.0924. The first kappa shape index (κ1) is 36.6. The molecule has 0 radical (unpaired) electrons. The third-order valence-corrected chi connectivity index (χ3v) is 16.1. The van der Waals surface area contributed by atoms with Crippen LogP contribution in [-0.2, 0) is 39.8 Å². The van der Waals surface area contributed by atoms with E-state index in [1.165, 1.54) is 0 Å². The van der Waals surface area contributed by atoms with E-state index in [1.807, 2.05) is 11.8 Å². The van der Waals surface area contributed by atoms with Gasteiger partial charge in [0.2, 0.25) is 0 Å². The molecule has 11 nitrogen and oxygen atoms in total. The van der Waals surface area contributed by atoms with Gasteiger partial charge in [-0.25, -0.2) is 0 Å². The van der Waals surface area contributed by atoms with Gasteiger partial charge in [0.1, 0.15) is 0 Å². The lowest BCUT2D eigenvalue weighted by atomic mass is 10.3. The molecular weight excluding hydrogens is 541 g/mol. The van der Waals surface area contributed by atoms with Crippen molar-refractivity contribution in [3.8, 4) is 0 Å². The molecule has 1 unspecified atom stereocenters. The normalized spacial score (nSPS) is 14.1. The molecule has 0 aromatic heterocycles. The van der Waals surface area contributed by atoms with Gasteiger partial charge in [0, 0.05) is 87.4 Å². The molecule has 0 aliphatic rings. The molecule has 0 rings (SSSR count). The van der Waals surface area contributed by atoms with E-state index in [1.54, 1.807) is 64.0 Å². The molecule has 0 spiro atoms. The Kier molecular flexibility index (Phi) is 20.8. The first-order valence-electron chi connectivity index (χ1n) is 12.3. The molecule has 0 bridgehead atoms. The summed E-state index contributed by atoms with van der Waals surface area (Å²) in [4.78, 5) is 0. The third kappa shape index (κ3) is 12.6. The Morgan fingerprint density at radius 3 is 1.14 bits per heavy atom. The zero-order chi connectivity index (χ0) is 27.5. The predicted molar refractivity (Wildman–Crippen MR) is 150 cm³/mol. The van der Waals surface area contributed by atoms with Crippen molar-refractivity contribution in [3.63, 3.8) is 0 Å². The maximum absolute atomic E-state index is 5.54. The van der Waals surface area contributed by atoms with Crippen LogP contribution in [0.1, 0.15) is 26.2 Å². The minimum Gasteiger partial charge on any atom is -0.377 e. The summed E-state index contributed by atoms with van der Waals surface area (Å²) >= 11 is 1.91. The zero-order valence-corrected chi connectivity index (χ0v) is 27.9. The number of hydrogen-bond donors (Lipinski definition) is 2. The van der Waals surface area contributed by atoms with Crippen molar-refractivity contribution in [1.82, 2.24) is 10.6 Å². The van der Waals surface area contributed by atoms with Crippen LogP contribution in [0.2, 0.25) is 18.1 Å². The zero-order valence-electron chi connectivity index (χ0n) is 24.1. The Bertz CT molecular complexity index is 482. The van der Waals surface area contributed by atoms with Crippen molar-refractivity contribution in [2.24, 2.45) is 0 Å². The van der Waals surface area contributed by atoms with Crippen LogP contribution in [0.25, 0.3) is 0 Å². The summed E-state index contributed by atoms with van der Waals surface area (Å²) in [6, 6.07) is 2.29. The van der Waals surface area contributed by atoms with Crippen molar-refractivity contribution >= 4 is 38.2 Å². The van der Waals surface area contributed by atoms with E-state index in [-0.39, 0.29) is 6.17 Å². The van der Waals surface area contributed by atoms with Gasteiger partial charge in [0.05, 0.1) is 6.17 Å². The molecule has 0 amide bonds. The highest BCUT2D eigenvalue weighted by Gasteiger charge is 2.38. The monoisotopic (exact) mass is 592 g/mol. The van der Waals surface area contributed by atoms with Crippen molar-refractivity contribution in [3.05, 3.63) is 0 Å². The molecule has 1 atom stereocenters. The molecule has 0 aliphatic heterocycles. The Balaban J connectivity index is 4.88. The third-order valence-electron chi connectivity index (χ3n) is 6.32. The second kappa shape index (κ2) is 20.5. The Labute approximate surface area is 227 Å².